The summed E-state index contributed by atoms with van der Waals surface area (Å²) in [5.74, 6) is -0.714. The third-order valence-electron chi connectivity index (χ3n) is 3.73. The molecular weight excluding hydrogens is 282 g/mol. The molecule has 1 heterocycles. The van der Waals surface area contributed by atoms with Gasteiger partial charge in [-0.1, -0.05) is 19.1 Å². The molecule has 1 aromatic rings. The zero-order chi connectivity index (χ0) is 16.1. The number of hydrogen-bond donors (Lipinski definition) is 3. The first-order valence-electron chi connectivity index (χ1n) is 7.51. The molecule has 0 saturated heterocycles. The summed E-state index contributed by atoms with van der Waals surface area (Å²) in [7, 11) is 0. The standard InChI is InChI=1S/C16H21N3O3/c1-3-10(2)17-14(20)9-8-13-16(22)18-12-7-5-4-6-11(12)15(21)19-13/h4-7,10,13H,3,8-9H2,1-2H3,(H,17,20)(H,18,22)(H,19,21)/t10?,13-/m0/s1. The Morgan fingerprint density at radius 1 is 1.32 bits per heavy atom. The molecule has 3 N–H and O–H groups in total. The van der Waals surface area contributed by atoms with E-state index in [9.17, 15) is 14.4 Å². The fourth-order valence-electron chi connectivity index (χ4n) is 2.24. The first kappa shape index (κ1) is 16.0. The summed E-state index contributed by atoms with van der Waals surface area (Å²) >= 11 is 0. The Hall–Kier alpha value is -2.37. The van der Waals surface area contributed by atoms with Crippen LogP contribution in [0, 0.1) is 0 Å². The number of benzene rings is 1. The largest absolute Gasteiger partial charge is 0.354 e. The average Bonchev–Trinajstić information content (AvgIpc) is 2.62. The van der Waals surface area contributed by atoms with E-state index in [1.54, 1.807) is 24.3 Å². The molecule has 1 aliphatic heterocycles. The summed E-state index contributed by atoms with van der Waals surface area (Å²) in [6.07, 6.45) is 1.31. The molecule has 6 heteroatoms. The van der Waals surface area contributed by atoms with Crippen molar-refractivity contribution in [2.45, 2.75) is 45.2 Å². The lowest BCUT2D eigenvalue weighted by Gasteiger charge is -2.15. The van der Waals surface area contributed by atoms with Crippen LogP contribution in [0.2, 0.25) is 0 Å². The van der Waals surface area contributed by atoms with Crippen molar-refractivity contribution in [2.24, 2.45) is 0 Å². The highest BCUT2D eigenvalue weighted by molar-refractivity contribution is 6.09. The van der Waals surface area contributed by atoms with Gasteiger partial charge in [-0.25, -0.2) is 0 Å². The van der Waals surface area contributed by atoms with Crippen molar-refractivity contribution >= 4 is 23.4 Å². The van der Waals surface area contributed by atoms with Crippen LogP contribution in [-0.2, 0) is 9.59 Å². The van der Waals surface area contributed by atoms with Gasteiger partial charge in [0.2, 0.25) is 11.8 Å². The smallest absolute Gasteiger partial charge is 0.254 e. The fourth-order valence-corrected chi connectivity index (χ4v) is 2.24. The molecule has 118 valence electrons. The number of para-hydroxylation sites is 1. The van der Waals surface area contributed by atoms with Gasteiger partial charge in [-0.15, -0.1) is 0 Å². The second-order valence-electron chi connectivity index (χ2n) is 5.48. The van der Waals surface area contributed by atoms with E-state index >= 15 is 0 Å². The first-order chi connectivity index (χ1) is 10.5. The molecule has 0 aliphatic carbocycles. The van der Waals surface area contributed by atoms with Gasteiger partial charge in [0.05, 0.1) is 11.3 Å². The van der Waals surface area contributed by atoms with E-state index in [0.29, 0.717) is 11.3 Å². The highest BCUT2D eigenvalue weighted by atomic mass is 16.2. The molecule has 1 aromatic carbocycles. The van der Waals surface area contributed by atoms with E-state index in [0.717, 1.165) is 6.42 Å². The highest BCUT2D eigenvalue weighted by Gasteiger charge is 2.27. The maximum absolute atomic E-state index is 12.2. The lowest BCUT2D eigenvalue weighted by molar-refractivity contribution is -0.122. The van der Waals surface area contributed by atoms with Crippen molar-refractivity contribution in [2.75, 3.05) is 5.32 Å². The fraction of sp³-hybridized carbons (Fsp3) is 0.438. The molecule has 2 atom stereocenters. The normalized spacial score (nSPS) is 18.5. The minimum atomic E-state index is -0.706. The summed E-state index contributed by atoms with van der Waals surface area (Å²) < 4.78 is 0. The van der Waals surface area contributed by atoms with E-state index in [2.05, 4.69) is 16.0 Å². The number of nitrogens with one attached hydrogen (secondary N) is 3. The number of fused-ring (bicyclic) bond motifs is 1. The van der Waals surface area contributed by atoms with E-state index in [4.69, 9.17) is 0 Å². The van der Waals surface area contributed by atoms with Crippen LogP contribution in [0.4, 0.5) is 5.69 Å². The van der Waals surface area contributed by atoms with Gasteiger partial charge >= 0.3 is 0 Å². The molecule has 3 amide bonds. The van der Waals surface area contributed by atoms with Crippen LogP contribution in [0.5, 0.6) is 0 Å². The van der Waals surface area contributed by atoms with Crippen LogP contribution >= 0.6 is 0 Å². The lowest BCUT2D eigenvalue weighted by atomic mass is 10.1. The van der Waals surface area contributed by atoms with Crippen molar-refractivity contribution in [3.8, 4) is 0 Å². The Bertz CT molecular complexity index is 586. The van der Waals surface area contributed by atoms with Crippen LogP contribution in [-0.4, -0.2) is 29.8 Å². The minimum Gasteiger partial charge on any atom is -0.354 e. The molecule has 22 heavy (non-hydrogen) atoms. The molecule has 1 aliphatic rings. The highest BCUT2D eigenvalue weighted by Crippen LogP contribution is 2.19. The Labute approximate surface area is 129 Å². The second-order valence-corrected chi connectivity index (χ2v) is 5.48. The maximum Gasteiger partial charge on any atom is 0.254 e. The summed E-state index contributed by atoms with van der Waals surface area (Å²) in [6.45, 7) is 3.91. The molecular formula is C16H21N3O3. The predicted octanol–water partition coefficient (Wildman–Crippen LogP) is 1.43. The van der Waals surface area contributed by atoms with Gasteiger partial charge in [-0.2, -0.15) is 0 Å². The number of anilines is 1. The number of carbonyl (C=O) groups is 3. The van der Waals surface area contributed by atoms with E-state index in [1.165, 1.54) is 0 Å². The van der Waals surface area contributed by atoms with Crippen LogP contribution in [0.15, 0.2) is 24.3 Å². The molecule has 0 saturated carbocycles. The Balaban J connectivity index is 1.98. The number of carbonyl (C=O) groups excluding carboxylic acids is 3. The van der Waals surface area contributed by atoms with E-state index in [1.807, 2.05) is 13.8 Å². The van der Waals surface area contributed by atoms with Crippen LogP contribution in [0.3, 0.4) is 0 Å². The van der Waals surface area contributed by atoms with E-state index < -0.39 is 6.04 Å². The quantitative estimate of drug-likeness (QED) is 0.769. The topological polar surface area (TPSA) is 87.3 Å². The molecule has 0 radical (unpaired) electrons. The zero-order valence-electron chi connectivity index (χ0n) is 12.8. The monoisotopic (exact) mass is 303 g/mol. The van der Waals surface area contributed by atoms with Crippen molar-refractivity contribution < 1.29 is 14.4 Å². The predicted molar refractivity (Wildman–Crippen MR) is 83.5 cm³/mol. The lowest BCUT2D eigenvalue weighted by Crippen LogP contribution is -2.42. The van der Waals surface area contributed by atoms with Crippen molar-refractivity contribution in [3.63, 3.8) is 0 Å². The van der Waals surface area contributed by atoms with Crippen LogP contribution in [0.1, 0.15) is 43.5 Å². The third kappa shape index (κ3) is 3.84. The molecule has 0 aromatic heterocycles. The van der Waals surface area contributed by atoms with E-state index in [-0.39, 0.29) is 36.6 Å². The summed E-state index contributed by atoms with van der Waals surface area (Å²) in [6, 6.07) is 6.24. The summed E-state index contributed by atoms with van der Waals surface area (Å²) in [4.78, 5) is 36.1. The third-order valence-corrected chi connectivity index (χ3v) is 3.73. The van der Waals surface area contributed by atoms with Crippen LogP contribution in [0.25, 0.3) is 0 Å². The van der Waals surface area contributed by atoms with Crippen molar-refractivity contribution in [3.05, 3.63) is 29.8 Å². The van der Waals surface area contributed by atoms with Gasteiger partial charge in [-0.05, 0) is 31.9 Å². The minimum absolute atomic E-state index is 0.106. The maximum atomic E-state index is 12.2. The van der Waals surface area contributed by atoms with Crippen molar-refractivity contribution in [1.29, 1.82) is 0 Å². The van der Waals surface area contributed by atoms with Gasteiger partial charge in [0.1, 0.15) is 6.04 Å². The number of rotatable bonds is 5. The summed E-state index contributed by atoms with van der Waals surface area (Å²) in [5, 5.41) is 8.25. The number of hydrogen-bond acceptors (Lipinski definition) is 3. The van der Waals surface area contributed by atoms with Crippen LogP contribution < -0.4 is 16.0 Å². The van der Waals surface area contributed by atoms with Crippen molar-refractivity contribution in [1.82, 2.24) is 10.6 Å². The Kier molecular flexibility index (Phi) is 5.14. The zero-order valence-corrected chi connectivity index (χ0v) is 12.8. The Morgan fingerprint density at radius 2 is 2.05 bits per heavy atom. The molecule has 0 bridgehead atoms. The molecule has 1 unspecified atom stereocenters. The van der Waals surface area contributed by atoms with Gasteiger partial charge < -0.3 is 16.0 Å². The SMILES string of the molecule is CCC(C)NC(=O)CC[C@@H]1NC(=O)c2ccccc2NC1=O. The van der Waals surface area contributed by atoms with Gasteiger partial charge in [0.15, 0.2) is 0 Å². The molecule has 6 nitrogen and oxygen atoms in total. The average molecular weight is 303 g/mol. The number of amides is 3. The molecule has 2 rings (SSSR count). The first-order valence-corrected chi connectivity index (χ1v) is 7.51. The Morgan fingerprint density at radius 3 is 2.77 bits per heavy atom. The van der Waals surface area contributed by atoms with Gasteiger partial charge in [0, 0.05) is 12.5 Å². The van der Waals surface area contributed by atoms with Gasteiger partial charge in [0.25, 0.3) is 5.91 Å². The van der Waals surface area contributed by atoms with Gasteiger partial charge in [-0.3, -0.25) is 14.4 Å². The summed E-state index contributed by atoms with van der Waals surface area (Å²) in [5.41, 5.74) is 0.930. The molecule has 0 spiro atoms. The molecule has 0 fully saturated rings. The second kappa shape index (κ2) is 7.06.